The molecule has 2 aromatic rings. The normalized spacial score (nSPS) is 19.2. The lowest BCUT2D eigenvalue weighted by molar-refractivity contribution is -0.192. The summed E-state index contributed by atoms with van der Waals surface area (Å²) in [5.74, 6) is -5.44. The Balaban J connectivity index is 0.000000540. The van der Waals surface area contributed by atoms with E-state index < -0.39 is 51.0 Å². The van der Waals surface area contributed by atoms with Crippen LogP contribution in [-0.4, -0.2) is 59.6 Å². The van der Waals surface area contributed by atoms with E-state index >= 15 is 0 Å². The number of carbonyl (C=O) groups excluding carboxylic acids is 1. The summed E-state index contributed by atoms with van der Waals surface area (Å²) in [5.41, 5.74) is 4.32. The van der Waals surface area contributed by atoms with E-state index in [0.29, 0.717) is 0 Å². The molecule has 1 aromatic carbocycles. The van der Waals surface area contributed by atoms with Gasteiger partial charge in [-0.15, -0.1) is 0 Å². The maximum atomic E-state index is 14.5. The minimum Gasteiger partial charge on any atom is -0.475 e. The molecule has 1 aromatic heterocycles. The molecule has 0 radical (unpaired) electrons. The number of carboxylic acid groups (broad SMARTS) is 1. The molecule has 1 atom stereocenters. The third kappa shape index (κ3) is 6.62. The van der Waals surface area contributed by atoms with E-state index in [0.717, 1.165) is 22.6 Å². The van der Waals surface area contributed by atoms with Crippen LogP contribution in [0.25, 0.3) is 0 Å². The molecule has 0 bridgehead atoms. The van der Waals surface area contributed by atoms with Crippen molar-refractivity contribution in [1.29, 1.82) is 0 Å². The highest BCUT2D eigenvalue weighted by Gasteiger charge is 2.42. The SMILES string of the molecule is CN1C(N)=NC(C)(c2cc(NC(=O)c3ccc(F)cn3)ccc2F)CS1(=O)=O.O=C(O)C(F)(F)F. The second-order valence-electron chi connectivity index (χ2n) is 7.28. The minimum absolute atomic E-state index is 0.0392. The van der Waals surface area contributed by atoms with E-state index in [1.807, 2.05) is 0 Å². The molecule has 190 valence electrons. The fraction of sp³-hybridized carbons (Fsp3) is 0.263. The van der Waals surface area contributed by atoms with E-state index in [9.17, 15) is 35.2 Å². The van der Waals surface area contributed by atoms with E-state index in [1.165, 1.54) is 32.2 Å². The zero-order valence-electron chi connectivity index (χ0n) is 18.0. The standard InChI is InChI=1S/C17H17F2N5O3S.C2HF3O2/c1-17(9-28(26,27)24(2)16(20)23-17)12-7-11(4-5-13(12)19)22-15(25)14-6-3-10(18)8-21-14;3-2(4,5)1(6)7/h3-8H,9H2,1-2H3,(H2,20,23)(H,22,25);(H,6,7). The predicted octanol–water partition coefficient (Wildman–Crippen LogP) is 2.05. The van der Waals surface area contributed by atoms with Gasteiger partial charge >= 0.3 is 12.1 Å². The number of halogens is 5. The van der Waals surface area contributed by atoms with Crippen molar-refractivity contribution in [3.63, 3.8) is 0 Å². The molecule has 4 N–H and O–H groups in total. The van der Waals surface area contributed by atoms with Gasteiger partial charge in [-0.05, 0) is 37.3 Å². The first kappa shape index (κ1) is 27.4. The number of nitrogens with one attached hydrogen (secondary N) is 1. The number of aromatic nitrogens is 1. The summed E-state index contributed by atoms with van der Waals surface area (Å²) in [6.45, 7) is 1.44. The largest absolute Gasteiger partial charge is 0.490 e. The zero-order chi connectivity index (χ0) is 26.8. The Morgan fingerprint density at radius 3 is 2.29 bits per heavy atom. The van der Waals surface area contributed by atoms with Crippen molar-refractivity contribution in [2.75, 3.05) is 18.1 Å². The molecule has 0 aliphatic carbocycles. The number of rotatable bonds is 3. The molecule has 0 saturated heterocycles. The number of sulfonamides is 1. The third-order valence-electron chi connectivity index (χ3n) is 4.57. The summed E-state index contributed by atoms with van der Waals surface area (Å²) in [4.78, 5) is 28.9. The second-order valence-corrected chi connectivity index (χ2v) is 9.28. The number of alkyl halides is 3. The Bertz CT molecular complexity index is 1270. The summed E-state index contributed by atoms with van der Waals surface area (Å²) < 4.78 is 84.6. The summed E-state index contributed by atoms with van der Waals surface area (Å²) >= 11 is 0. The summed E-state index contributed by atoms with van der Waals surface area (Å²) in [7, 11) is -2.53. The van der Waals surface area contributed by atoms with E-state index in [2.05, 4.69) is 15.3 Å². The summed E-state index contributed by atoms with van der Waals surface area (Å²) in [5, 5.41) is 9.64. The van der Waals surface area contributed by atoms with Crippen molar-refractivity contribution in [3.05, 3.63) is 59.4 Å². The topological polar surface area (TPSA) is 155 Å². The van der Waals surface area contributed by atoms with Crippen molar-refractivity contribution in [2.45, 2.75) is 18.6 Å². The zero-order valence-corrected chi connectivity index (χ0v) is 18.8. The Kier molecular flexibility index (Phi) is 7.69. The Morgan fingerprint density at radius 1 is 1.20 bits per heavy atom. The number of benzene rings is 1. The monoisotopic (exact) mass is 523 g/mol. The highest BCUT2D eigenvalue weighted by molar-refractivity contribution is 7.89. The fourth-order valence-corrected chi connectivity index (χ4v) is 4.26. The predicted molar refractivity (Wildman–Crippen MR) is 113 cm³/mol. The minimum atomic E-state index is -5.08. The number of carboxylic acids is 1. The average molecular weight is 523 g/mol. The molecule has 0 fully saturated rings. The van der Waals surface area contributed by atoms with E-state index in [1.54, 1.807) is 0 Å². The van der Waals surface area contributed by atoms with Gasteiger partial charge in [0.2, 0.25) is 16.0 Å². The molecule has 1 amide bonds. The molecule has 0 spiro atoms. The smallest absolute Gasteiger partial charge is 0.475 e. The molecule has 3 rings (SSSR count). The van der Waals surface area contributed by atoms with Crippen LogP contribution in [-0.2, 0) is 20.4 Å². The first-order valence-corrected chi connectivity index (χ1v) is 10.9. The second kappa shape index (κ2) is 9.81. The van der Waals surface area contributed by atoms with E-state index in [-0.39, 0.29) is 22.9 Å². The van der Waals surface area contributed by atoms with Crippen LogP contribution in [0.5, 0.6) is 0 Å². The molecule has 16 heteroatoms. The molecule has 35 heavy (non-hydrogen) atoms. The average Bonchev–Trinajstić information content (AvgIpc) is 2.73. The van der Waals surface area contributed by atoms with Crippen LogP contribution in [0.3, 0.4) is 0 Å². The van der Waals surface area contributed by atoms with Gasteiger partial charge in [0.1, 0.15) is 22.9 Å². The van der Waals surface area contributed by atoms with E-state index in [4.69, 9.17) is 15.6 Å². The van der Waals surface area contributed by atoms with Crippen LogP contribution in [0.2, 0.25) is 0 Å². The van der Waals surface area contributed by atoms with Crippen molar-refractivity contribution in [1.82, 2.24) is 9.29 Å². The van der Waals surface area contributed by atoms with Gasteiger partial charge < -0.3 is 16.2 Å². The number of hydrogen-bond acceptors (Lipinski definition) is 7. The maximum Gasteiger partial charge on any atom is 0.490 e. The molecule has 1 aliphatic heterocycles. The van der Waals surface area contributed by atoms with Crippen LogP contribution in [0, 0.1) is 11.6 Å². The molecular formula is C19H18F5N5O5S. The molecule has 0 saturated carbocycles. The van der Waals surface area contributed by atoms with Crippen molar-refractivity contribution in [2.24, 2.45) is 10.7 Å². The van der Waals surface area contributed by atoms with Crippen LogP contribution < -0.4 is 11.1 Å². The number of anilines is 1. The lowest BCUT2D eigenvalue weighted by Crippen LogP contribution is -2.50. The van der Waals surface area contributed by atoms with Crippen molar-refractivity contribution >= 4 is 33.5 Å². The molecule has 1 unspecified atom stereocenters. The first-order valence-electron chi connectivity index (χ1n) is 9.31. The summed E-state index contributed by atoms with van der Waals surface area (Å²) in [6, 6.07) is 5.96. The Hall–Kier alpha value is -3.82. The highest BCUT2D eigenvalue weighted by Crippen LogP contribution is 2.34. The number of hydrogen-bond donors (Lipinski definition) is 3. The van der Waals surface area contributed by atoms with Crippen LogP contribution in [0.1, 0.15) is 23.0 Å². The molecule has 1 aliphatic rings. The third-order valence-corrected chi connectivity index (χ3v) is 6.52. The Morgan fingerprint density at radius 2 is 1.80 bits per heavy atom. The highest BCUT2D eigenvalue weighted by atomic mass is 32.2. The number of nitrogens with zero attached hydrogens (tertiary/aromatic N) is 3. The van der Waals surface area contributed by atoms with Gasteiger partial charge in [0.05, 0.1) is 11.9 Å². The molecule has 2 heterocycles. The van der Waals surface area contributed by atoms with Gasteiger partial charge in [-0.25, -0.2) is 36.3 Å². The maximum absolute atomic E-state index is 14.5. The van der Waals surface area contributed by atoms with Gasteiger partial charge in [-0.2, -0.15) is 13.2 Å². The van der Waals surface area contributed by atoms with Crippen molar-refractivity contribution < 1.29 is 45.1 Å². The van der Waals surface area contributed by atoms with Gasteiger partial charge in [0, 0.05) is 18.3 Å². The number of nitrogens with two attached hydrogens (primary N) is 1. The van der Waals surface area contributed by atoms with Crippen LogP contribution >= 0.6 is 0 Å². The van der Waals surface area contributed by atoms with Gasteiger partial charge in [-0.1, -0.05) is 0 Å². The number of aliphatic carboxylic acids is 1. The van der Waals surface area contributed by atoms with Crippen LogP contribution in [0.15, 0.2) is 41.5 Å². The number of guanidine groups is 1. The Labute approximate surface area is 195 Å². The number of aliphatic imine (C=N–C) groups is 1. The van der Waals surface area contributed by atoms with Crippen molar-refractivity contribution in [3.8, 4) is 0 Å². The quantitative estimate of drug-likeness (QED) is 0.520. The first-order chi connectivity index (χ1) is 16.0. The summed E-state index contributed by atoms with van der Waals surface area (Å²) in [6.07, 6.45) is -4.19. The number of amides is 1. The van der Waals surface area contributed by atoms with Gasteiger partial charge in [-0.3, -0.25) is 4.79 Å². The van der Waals surface area contributed by atoms with Gasteiger partial charge in [0.25, 0.3) is 5.91 Å². The molecule has 10 nitrogen and oxygen atoms in total. The lowest BCUT2D eigenvalue weighted by atomic mass is 9.93. The lowest BCUT2D eigenvalue weighted by Gasteiger charge is -2.34. The van der Waals surface area contributed by atoms with Crippen LogP contribution in [0.4, 0.5) is 27.6 Å². The molecular weight excluding hydrogens is 505 g/mol. The fourth-order valence-electron chi connectivity index (χ4n) is 2.81. The number of pyridine rings is 1. The number of carbonyl (C=O) groups is 2. The van der Waals surface area contributed by atoms with Gasteiger partial charge in [0.15, 0.2) is 0 Å².